The maximum Gasteiger partial charge on any atom is 0.311 e. The molecular formula is C22H24O6. The molecule has 0 unspecified atom stereocenters. The monoisotopic (exact) mass is 384 g/mol. The molecule has 3 rings (SSSR count). The van der Waals surface area contributed by atoms with Crippen LogP contribution >= 0.6 is 0 Å². The predicted octanol–water partition coefficient (Wildman–Crippen LogP) is 3.69. The van der Waals surface area contributed by atoms with Gasteiger partial charge in [-0.05, 0) is 36.6 Å². The van der Waals surface area contributed by atoms with E-state index in [1.807, 2.05) is 24.3 Å². The van der Waals surface area contributed by atoms with Gasteiger partial charge >= 0.3 is 5.97 Å². The van der Waals surface area contributed by atoms with Crippen molar-refractivity contribution in [3.8, 4) is 28.4 Å². The van der Waals surface area contributed by atoms with E-state index in [-0.39, 0.29) is 18.4 Å². The van der Waals surface area contributed by atoms with Crippen LogP contribution in [0.5, 0.6) is 17.2 Å². The van der Waals surface area contributed by atoms with E-state index in [0.29, 0.717) is 30.1 Å². The average molecular weight is 384 g/mol. The molecule has 1 aliphatic carbocycles. The lowest BCUT2D eigenvalue weighted by Gasteiger charge is -2.20. The van der Waals surface area contributed by atoms with Crippen molar-refractivity contribution in [1.82, 2.24) is 0 Å². The van der Waals surface area contributed by atoms with E-state index in [1.54, 1.807) is 20.1 Å². The Morgan fingerprint density at radius 1 is 0.964 bits per heavy atom. The van der Waals surface area contributed by atoms with Crippen LogP contribution in [-0.2, 0) is 16.0 Å². The summed E-state index contributed by atoms with van der Waals surface area (Å²) < 4.78 is 21.8. The third-order valence-corrected chi connectivity index (χ3v) is 4.95. The largest absolute Gasteiger partial charge is 0.493 e. The molecule has 2 aromatic carbocycles. The van der Waals surface area contributed by atoms with Crippen LogP contribution in [0.4, 0.5) is 0 Å². The van der Waals surface area contributed by atoms with Gasteiger partial charge in [0, 0.05) is 17.5 Å². The lowest BCUT2D eigenvalue weighted by Crippen LogP contribution is -2.20. The quantitative estimate of drug-likeness (QED) is 0.678. The Morgan fingerprint density at radius 3 is 2.39 bits per heavy atom. The zero-order chi connectivity index (χ0) is 20.3. The van der Waals surface area contributed by atoms with E-state index >= 15 is 0 Å². The van der Waals surface area contributed by atoms with Crippen LogP contribution in [0.15, 0.2) is 30.3 Å². The average Bonchev–Trinajstić information content (AvgIpc) is 3.11. The molecule has 0 fully saturated rings. The molecule has 1 atom stereocenters. The first-order valence-corrected chi connectivity index (χ1v) is 9.12. The van der Waals surface area contributed by atoms with Gasteiger partial charge in [-0.3, -0.25) is 9.59 Å². The van der Waals surface area contributed by atoms with E-state index in [1.165, 1.54) is 14.2 Å². The Labute approximate surface area is 164 Å². The number of carbonyl (C=O) groups excluding carboxylic acids is 2. The number of fused-ring (bicyclic) bond motifs is 1. The van der Waals surface area contributed by atoms with Gasteiger partial charge in [0.1, 0.15) is 6.61 Å². The van der Waals surface area contributed by atoms with Crippen molar-refractivity contribution in [1.29, 1.82) is 0 Å². The number of hydrogen-bond donors (Lipinski definition) is 0. The van der Waals surface area contributed by atoms with Crippen LogP contribution < -0.4 is 14.2 Å². The van der Waals surface area contributed by atoms with E-state index in [2.05, 4.69) is 0 Å². The fourth-order valence-electron chi connectivity index (χ4n) is 3.47. The minimum absolute atomic E-state index is 0.122. The Bertz CT molecular complexity index is 902. The fraction of sp³-hybridized carbons (Fsp3) is 0.364. The number of ether oxygens (including phenoxy) is 4. The van der Waals surface area contributed by atoms with E-state index < -0.39 is 5.92 Å². The van der Waals surface area contributed by atoms with Crippen molar-refractivity contribution in [2.45, 2.75) is 19.8 Å². The van der Waals surface area contributed by atoms with E-state index in [4.69, 9.17) is 18.9 Å². The lowest BCUT2D eigenvalue weighted by atomic mass is 9.95. The topological polar surface area (TPSA) is 71.1 Å². The zero-order valence-electron chi connectivity index (χ0n) is 16.5. The van der Waals surface area contributed by atoms with Crippen LogP contribution in [0.1, 0.15) is 29.3 Å². The Hall–Kier alpha value is -3.02. The van der Waals surface area contributed by atoms with Gasteiger partial charge in [0.25, 0.3) is 0 Å². The van der Waals surface area contributed by atoms with Gasteiger partial charge in [0.15, 0.2) is 17.3 Å². The number of methoxy groups -OCH3 is 3. The molecular weight excluding hydrogens is 360 g/mol. The summed E-state index contributed by atoms with van der Waals surface area (Å²) in [4.78, 5) is 23.9. The summed E-state index contributed by atoms with van der Waals surface area (Å²) in [6.07, 6.45) is 1.20. The highest BCUT2D eigenvalue weighted by Gasteiger charge is 2.26. The van der Waals surface area contributed by atoms with Crippen LogP contribution in [0.3, 0.4) is 0 Å². The molecule has 0 saturated heterocycles. The normalized spacial score (nSPS) is 13.6. The van der Waals surface area contributed by atoms with Gasteiger partial charge < -0.3 is 18.9 Å². The van der Waals surface area contributed by atoms with Gasteiger partial charge in [-0.15, -0.1) is 0 Å². The summed E-state index contributed by atoms with van der Waals surface area (Å²) >= 11 is 0. The Morgan fingerprint density at radius 2 is 1.71 bits per heavy atom. The maximum absolute atomic E-state index is 12.2. The number of carbonyl (C=O) groups is 2. The summed E-state index contributed by atoms with van der Waals surface area (Å²) in [6, 6.07) is 9.39. The van der Waals surface area contributed by atoms with Crippen LogP contribution in [-0.4, -0.2) is 39.7 Å². The molecule has 0 aromatic heterocycles. The minimum atomic E-state index is -0.447. The van der Waals surface area contributed by atoms with Gasteiger partial charge in [0.2, 0.25) is 5.75 Å². The number of hydrogen-bond acceptors (Lipinski definition) is 6. The number of esters is 1. The molecule has 6 heteroatoms. The highest BCUT2D eigenvalue weighted by atomic mass is 16.5. The molecule has 0 aliphatic heterocycles. The van der Waals surface area contributed by atoms with Crippen LogP contribution in [0, 0.1) is 5.92 Å². The number of ketones is 1. The van der Waals surface area contributed by atoms with Crippen molar-refractivity contribution in [3.05, 3.63) is 41.5 Å². The fourth-order valence-corrected chi connectivity index (χ4v) is 3.47. The van der Waals surface area contributed by atoms with Crippen molar-refractivity contribution < 1.29 is 28.5 Å². The highest BCUT2D eigenvalue weighted by Crippen LogP contribution is 2.46. The highest BCUT2D eigenvalue weighted by molar-refractivity contribution is 6.02. The first-order chi connectivity index (χ1) is 13.5. The second kappa shape index (κ2) is 8.33. The van der Waals surface area contributed by atoms with Gasteiger partial charge in [0.05, 0.1) is 27.2 Å². The summed E-state index contributed by atoms with van der Waals surface area (Å²) in [5, 5.41) is 0. The number of rotatable bonds is 7. The van der Waals surface area contributed by atoms with Crippen molar-refractivity contribution in [2.24, 2.45) is 5.92 Å². The number of Topliss-reactive ketones (excluding diaryl/α,β-unsaturated/α-hetero) is 1. The molecule has 28 heavy (non-hydrogen) atoms. The lowest BCUT2D eigenvalue weighted by molar-refractivity contribution is -0.145. The summed E-state index contributed by atoms with van der Waals surface area (Å²) in [5.74, 6) is 0.797. The summed E-state index contributed by atoms with van der Waals surface area (Å²) in [6.45, 7) is 1.86. The molecule has 0 saturated carbocycles. The molecule has 6 nitrogen and oxygen atoms in total. The van der Waals surface area contributed by atoms with Gasteiger partial charge in [-0.2, -0.15) is 0 Å². The molecule has 2 aromatic rings. The van der Waals surface area contributed by atoms with Gasteiger partial charge in [-0.1, -0.05) is 18.2 Å². The zero-order valence-corrected chi connectivity index (χ0v) is 16.5. The molecule has 0 radical (unpaired) electrons. The summed E-state index contributed by atoms with van der Waals surface area (Å²) in [7, 11) is 4.44. The Balaban J connectivity index is 2.09. The van der Waals surface area contributed by atoms with Crippen molar-refractivity contribution >= 4 is 11.8 Å². The first-order valence-electron chi connectivity index (χ1n) is 9.12. The van der Waals surface area contributed by atoms with Crippen LogP contribution in [0.25, 0.3) is 11.1 Å². The smallest absolute Gasteiger partial charge is 0.311 e. The second-order valence-electron chi connectivity index (χ2n) is 6.67. The SMILES string of the molecule is COC(=O)[C@@H](C)COc1c(-c2cccc3c2CCC3=O)ccc(OC)c1OC. The van der Waals surface area contributed by atoms with Crippen molar-refractivity contribution in [2.75, 3.05) is 27.9 Å². The van der Waals surface area contributed by atoms with E-state index in [9.17, 15) is 9.59 Å². The Kier molecular flexibility index (Phi) is 5.87. The molecule has 0 amide bonds. The molecule has 0 N–H and O–H groups in total. The predicted molar refractivity (Wildman–Crippen MR) is 104 cm³/mol. The second-order valence-corrected chi connectivity index (χ2v) is 6.67. The van der Waals surface area contributed by atoms with Gasteiger partial charge in [-0.25, -0.2) is 0 Å². The molecule has 1 aliphatic rings. The van der Waals surface area contributed by atoms with E-state index in [0.717, 1.165) is 22.3 Å². The molecule has 148 valence electrons. The maximum atomic E-state index is 12.2. The molecule has 0 bridgehead atoms. The standard InChI is InChI=1S/C22H24O6/c1-13(22(24)27-4)12-28-20-17(9-11-19(25-2)21(20)26-3)14-6-5-7-16-15(14)8-10-18(16)23/h5-7,9,11,13H,8,10,12H2,1-4H3/t13-/m0/s1. The third-order valence-electron chi connectivity index (χ3n) is 4.95. The summed E-state index contributed by atoms with van der Waals surface area (Å²) in [5.41, 5.74) is 3.47. The minimum Gasteiger partial charge on any atom is -0.493 e. The van der Waals surface area contributed by atoms with Crippen molar-refractivity contribution in [3.63, 3.8) is 0 Å². The van der Waals surface area contributed by atoms with Crippen LogP contribution in [0.2, 0.25) is 0 Å². The number of benzene rings is 2. The third kappa shape index (κ3) is 3.54. The molecule has 0 heterocycles. The molecule has 0 spiro atoms. The first kappa shape index (κ1) is 19.7.